The van der Waals surface area contributed by atoms with Crippen molar-refractivity contribution in [3.63, 3.8) is 0 Å². The van der Waals surface area contributed by atoms with Crippen LogP contribution >= 0.6 is 23.4 Å². The number of rotatable bonds is 6. The Labute approximate surface area is 134 Å². The van der Waals surface area contributed by atoms with E-state index in [0.29, 0.717) is 4.90 Å². The lowest BCUT2D eigenvalue weighted by Gasteiger charge is -2.22. The van der Waals surface area contributed by atoms with Crippen molar-refractivity contribution >= 4 is 35.0 Å². The van der Waals surface area contributed by atoms with Crippen molar-refractivity contribution < 1.29 is 13.9 Å². The number of nitrogen functional groups attached to an aromatic ring is 1. The monoisotopic (exact) mass is 333 g/mol. The van der Waals surface area contributed by atoms with E-state index in [0.717, 1.165) is 12.5 Å². The molecule has 118 valence electrons. The Bertz CT molecular complexity index is 511. The van der Waals surface area contributed by atoms with E-state index in [1.165, 1.54) is 17.8 Å². The molecule has 0 heterocycles. The van der Waals surface area contributed by atoms with Gasteiger partial charge in [0.15, 0.2) is 0 Å². The summed E-state index contributed by atoms with van der Waals surface area (Å²) in [4.78, 5) is 12.8. The molecule has 0 saturated heterocycles. The van der Waals surface area contributed by atoms with Gasteiger partial charge in [-0.2, -0.15) is 0 Å². The zero-order valence-electron chi connectivity index (χ0n) is 12.7. The van der Waals surface area contributed by atoms with E-state index in [9.17, 15) is 9.18 Å². The van der Waals surface area contributed by atoms with Crippen molar-refractivity contribution in [2.75, 3.05) is 5.73 Å². The molecule has 6 heteroatoms. The van der Waals surface area contributed by atoms with Crippen LogP contribution in [0, 0.1) is 11.7 Å². The van der Waals surface area contributed by atoms with Gasteiger partial charge >= 0.3 is 5.97 Å². The van der Waals surface area contributed by atoms with Crippen molar-refractivity contribution in [1.82, 2.24) is 0 Å². The topological polar surface area (TPSA) is 52.3 Å². The largest absolute Gasteiger partial charge is 0.462 e. The van der Waals surface area contributed by atoms with Crippen LogP contribution in [0.15, 0.2) is 17.0 Å². The Hall–Kier alpha value is -0.940. The van der Waals surface area contributed by atoms with Crippen molar-refractivity contribution in [2.45, 2.75) is 50.4 Å². The molecule has 0 bridgehead atoms. The number of thioether (sulfide) groups is 1. The van der Waals surface area contributed by atoms with Crippen molar-refractivity contribution in [2.24, 2.45) is 5.92 Å². The number of anilines is 1. The number of carbonyl (C=O) groups is 1. The maximum absolute atomic E-state index is 13.3. The van der Waals surface area contributed by atoms with E-state index in [1.54, 1.807) is 0 Å². The molecule has 1 aromatic rings. The summed E-state index contributed by atoms with van der Waals surface area (Å²) >= 11 is 7.27. The Morgan fingerprint density at radius 2 is 2.05 bits per heavy atom. The molecule has 21 heavy (non-hydrogen) atoms. The van der Waals surface area contributed by atoms with Gasteiger partial charge in [-0.3, -0.25) is 4.79 Å². The summed E-state index contributed by atoms with van der Waals surface area (Å²) in [5.74, 6) is -0.801. The second kappa shape index (κ2) is 7.90. The first-order chi connectivity index (χ1) is 9.76. The highest BCUT2D eigenvalue weighted by Crippen LogP contribution is 2.36. The number of esters is 1. The zero-order valence-corrected chi connectivity index (χ0v) is 14.2. The summed E-state index contributed by atoms with van der Waals surface area (Å²) < 4.78 is 18.7. The van der Waals surface area contributed by atoms with Gasteiger partial charge in [0, 0.05) is 4.90 Å². The van der Waals surface area contributed by atoms with Crippen LogP contribution in [0.2, 0.25) is 5.02 Å². The molecule has 0 aliphatic carbocycles. The highest BCUT2D eigenvalue weighted by Gasteiger charge is 2.27. The first-order valence-electron chi connectivity index (χ1n) is 6.87. The number of carbonyl (C=O) groups excluding carboxylic acids is 1. The molecule has 0 amide bonds. The molecule has 0 aliphatic heterocycles. The fourth-order valence-corrected chi connectivity index (χ4v) is 2.93. The highest BCUT2D eigenvalue weighted by atomic mass is 35.5. The van der Waals surface area contributed by atoms with E-state index in [2.05, 4.69) is 0 Å². The first kappa shape index (κ1) is 18.1. The summed E-state index contributed by atoms with van der Waals surface area (Å²) in [6.07, 6.45) is 0.624. The van der Waals surface area contributed by atoms with Crippen LogP contribution in [0.4, 0.5) is 10.1 Å². The minimum atomic E-state index is -0.562. The minimum absolute atomic E-state index is 0.0136. The molecule has 1 aromatic carbocycles. The second-order valence-corrected chi connectivity index (χ2v) is 6.83. The molecule has 2 unspecified atom stereocenters. The van der Waals surface area contributed by atoms with Crippen LogP contribution in [0.3, 0.4) is 0 Å². The fourth-order valence-electron chi connectivity index (χ4n) is 1.58. The predicted octanol–water partition coefficient (Wildman–Crippen LogP) is 4.52. The lowest BCUT2D eigenvalue weighted by molar-refractivity contribution is -0.148. The smallest absolute Gasteiger partial charge is 0.319 e. The van der Waals surface area contributed by atoms with Gasteiger partial charge in [-0.15, -0.1) is 11.8 Å². The lowest BCUT2D eigenvalue weighted by Crippen LogP contribution is -2.28. The van der Waals surface area contributed by atoms with Gasteiger partial charge in [0.05, 0.1) is 16.8 Å². The van der Waals surface area contributed by atoms with E-state index in [-0.39, 0.29) is 28.7 Å². The van der Waals surface area contributed by atoms with Crippen LogP contribution < -0.4 is 5.73 Å². The van der Waals surface area contributed by atoms with Gasteiger partial charge in [-0.1, -0.05) is 32.4 Å². The third-order valence-corrected chi connectivity index (χ3v) is 5.04. The zero-order chi connectivity index (χ0) is 16.2. The quantitative estimate of drug-likeness (QED) is 0.472. The van der Waals surface area contributed by atoms with Gasteiger partial charge in [-0.05, 0) is 31.4 Å². The number of hydrogen-bond acceptors (Lipinski definition) is 4. The molecule has 1 rings (SSSR count). The summed E-state index contributed by atoms with van der Waals surface area (Å²) in [6, 6.07) is 2.62. The highest BCUT2D eigenvalue weighted by molar-refractivity contribution is 8.00. The number of benzene rings is 1. The van der Waals surface area contributed by atoms with Gasteiger partial charge in [0.25, 0.3) is 0 Å². The fraction of sp³-hybridized carbons (Fsp3) is 0.533. The number of ether oxygens (including phenoxy) is 1. The van der Waals surface area contributed by atoms with Crippen LogP contribution in [-0.2, 0) is 9.53 Å². The SMILES string of the molecule is CCC(C)OC(=O)C(Sc1cc(N)c(F)cc1Cl)C(C)C. The molecular weight excluding hydrogens is 313 g/mol. The molecule has 0 fully saturated rings. The Morgan fingerprint density at radius 1 is 1.43 bits per heavy atom. The normalized spacial score (nSPS) is 14.0. The van der Waals surface area contributed by atoms with E-state index < -0.39 is 11.1 Å². The molecule has 0 saturated carbocycles. The van der Waals surface area contributed by atoms with Crippen molar-refractivity contribution in [3.05, 3.63) is 23.0 Å². The second-order valence-electron chi connectivity index (χ2n) is 5.24. The minimum Gasteiger partial charge on any atom is -0.462 e. The van der Waals surface area contributed by atoms with Gasteiger partial charge in [0.2, 0.25) is 0 Å². The standard InChI is InChI=1S/C15H21ClFNO2S/c1-5-9(4)20-15(19)14(8(2)3)21-13-7-12(18)11(17)6-10(13)16/h6-9,14H,5,18H2,1-4H3. The third-order valence-electron chi connectivity index (χ3n) is 3.04. The van der Waals surface area contributed by atoms with Crippen molar-refractivity contribution in [1.29, 1.82) is 0 Å². The Balaban J connectivity index is 2.94. The molecule has 2 atom stereocenters. The summed E-state index contributed by atoms with van der Waals surface area (Å²) in [5, 5.41) is -0.171. The maximum atomic E-state index is 13.3. The number of halogens is 2. The lowest BCUT2D eigenvalue weighted by atomic mass is 10.1. The molecule has 0 radical (unpaired) electrons. The first-order valence-corrected chi connectivity index (χ1v) is 8.13. The molecule has 3 nitrogen and oxygen atoms in total. The van der Waals surface area contributed by atoms with Crippen LogP contribution in [-0.4, -0.2) is 17.3 Å². The Morgan fingerprint density at radius 3 is 2.57 bits per heavy atom. The van der Waals surface area contributed by atoms with Gasteiger partial charge in [-0.25, -0.2) is 4.39 Å². The van der Waals surface area contributed by atoms with E-state index in [1.807, 2.05) is 27.7 Å². The third kappa shape index (κ3) is 5.08. The summed E-state index contributed by atoms with van der Waals surface area (Å²) in [5.41, 5.74) is 5.57. The number of hydrogen-bond donors (Lipinski definition) is 1. The summed E-state index contributed by atoms with van der Waals surface area (Å²) in [6.45, 7) is 7.66. The molecule has 2 N–H and O–H groups in total. The molecule has 0 aromatic heterocycles. The molecule has 0 aliphatic rings. The van der Waals surface area contributed by atoms with E-state index in [4.69, 9.17) is 22.1 Å². The Kier molecular flexibility index (Phi) is 6.81. The van der Waals surface area contributed by atoms with Crippen LogP contribution in [0.25, 0.3) is 0 Å². The van der Waals surface area contributed by atoms with Crippen LogP contribution in [0.1, 0.15) is 34.1 Å². The number of nitrogens with two attached hydrogens (primary N) is 1. The van der Waals surface area contributed by atoms with Gasteiger partial charge < -0.3 is 10.5 Å². The van der Waals surface area contributed by atoms with Crippen LogP contribution in [0.5, 0.6) is 0 Å². The van der Waals surface area contributed by atoms with E-state index >= 15 is 0 Å². The average Bonchev–Trinajstić information content (AvgIpc) is 2.40. The predicted molar refractivity (Wildman–Crippen MR) is 86.2 cm³/mol. The maximum Gasteiger partial charge on any atom is 0.319 e. The average molecular weight is 334 g/mol. The molecule has 0 spiro atoms. The summed E-state index contributed by atoms with van der Waals surface area (Å²) in [7, 11) is 0. The van der Waals surface area contributed by atoms with Crippen molar-refractivity contribution in [3.8, 4) is 0 Å². The molecular formula is C15H21ClFNO2S. The van der Waals surface area contributed by atoms with Gasteiger partial charge in [0.1, 0.15) is 11.1 Å².